The molecule has 0 bridgehead atoms. The Morgan fingerprint density at radius 2 is 2.00 bits per heavy atom. The quantitative estimate of drug-likeness (QED) is 0.775. The van der Waals surface area contributed by atoms with E-state index in [0.29, 0.717) is 12.2 Å². The first-order valence-electron chi connectivity index (χ1n) is 10.2. The molecule has 152 valence electrons. The lowest BCUT2D eigenvalue weighted by Crippen LogP contribution is -2.42. The minimum absolute atomic E-state index is 0.0241. The maximum absolute atomic E-state index is 13.1. The molecule has 0 radical (unpaired) electrons. The van der Waals surface area contributed by atoms with Crippen LogP contribution in [0.5, 0.6) is 0 Å². The van der Waals surface area contributed by atoms with Crippen LogP contribution < -0.4 is 0 Å². The fourth-order valence-electron chi connectivity index (χ4n) is 3.86. The van der Waals surface area contributed by atoms with Crippen molar-refractivity contribution in [3.05, 3.63) is 59.0 Å². The number of rotatable bonds is 5. The number of nitrogens with zero attached hydrogens (tertiary/aromatic N) is 3. The third kappa shape index (κ3) is 3.84. The van der Waals surface area contributed by atoms with Crippen LogP contribution in [0.4, 0.5) is 0 Å². The molecule has 2 aliphatic rings. The fourth-order valence-corrected chi connectivity index (χ4v) is 3.86. The predicted octanol–water partition coefficient (Wildman–Crippen LogP) is 3.83. The largest absolute Gasteiger partial charge is 0.467 e. The van der Waals surface area contributed by atoms with Crippen molar-refractivity contribution in [2.75, 3.05) is 13.6 Å². The summed E-state index contributed by atoms with van der Waals surface area (Å²) in [6.45, 7) is 4.17. The maximum Gasteiger partial charge on any atom is 0.262 e. The van der Waals surface area contributed by atoms with Crippen molar-refractivity contribution in [2.45, 2.75) is 45.6 Å². The molecule has 1 fully saturated rings. The summed E-state index contributed by atoms with van der Waals surface area (Å²) in [6, 6.07) is 9.62. The number of likely N-dealkylation sites (N-methyl/N-ethyl adjacent to an activating group) is 1. The topological polar surface area (TPSA) is 66.1 Å². The van der Waals surface area contributed by atoms with E-state index in [1.807, 2.05) is 18.2 Å². The highest BCUT2D eigenvalue weighted by atomic mass is 16.3. The second kappa shape index (κ2) is 7.85. The van der Waals surface area contributed by atoms with Crippen LogP contribution in [0.3, 0.4) is 0 Å². The van der Waals surface area contributed by atoms with Crippen LogP contribution in [0.2, 0.25) is 0 Å². The third-order valence-corrected chi connectivity index (χ3v) is 6.08. The van der Waals surface area contributed by atoms with E-state index < -0.39 is 0 Å². The second-order valence-electron chi connectivity index (χ2n) is 8.14. The number of amides is 2. The molecule has 0 spiro atoms. The van der Waals surface area contributed by atoms with Crippen molar-refractivity contribution in [2.24, 2.45) is 11.0 Å². The molecule has 2 amide bonds. The second-order valence-corrected chi connectivity index (χ2v) is 8.14. The van der Waals surface area contributed by atoms with Gasteiger partial charge in [0.2, 0.25) is 5.91 Å². The normalized spacial score (nSPS) is 19.1. The summed E-state index contributed by atoms with van der Waals surface area (Å²) in [5, 5.41) is 6.15. The molecular formula is C23H27N3O3. The van der Waals surface area contributed by atoms with Gasteiger partial charge in [0.05, 0.1) is 12.0 Å². The molecule has 1 atom stereocenters. The van der Waals surface area contributed by atoms with Gasteiger partial charge in [0.1, 0.15) is 18.3 Å². The van der Waals surface area contributed by atoms with E-state index in [1.165, 1.54) is 21.0 Å². The van der Waals surface area contributed by atoms with Gasteiger partial charge in [-0.3, -0.25) is 9.59 Å². The molecule has 4 rings (SSSR count). The standard InChI is InChI=1S/C23H27N3O3/c1-15-9-10-18(12-16(15)2)19-13-20(21-8-5-11-29-21)26(24-19)22(27)14-25(3)23(28)17-6-4-7-17/h5,8-12,17,20H,4,6-7,13-14H2,1-3H3/t20-/m1/s1. The number of aryl methyl sites for hydroxylation is 2. The van der Waals surface area contributed by atoms with Gasteiger partial charge in [-0.25, -0.2) is 5.01 Å². The Morgan fingerprint density at radius 3 is 2.62 bits per heavy atom. The Labute approximate surface area is 171 Å². The summed E-state index contributed by atoms with van der Waals surface area (Å²) in [5.74, 6) is 0.632. The Kier molecular flexibility index (Phi) is 5.26. The van der Waals surface area contributed by atoms with E-state index in [0.717, 1.165) is 30.5 Å². The van der Waals surface area contributed by atoms with E-state index >= 15 is 0 Å². The number of hydrazone groups is 1. The Hall–Kier alpha value is -2.89. The molecular weight excluding hydrogens is 366 g/mol. The van der Waals surface area contributed by atoms with Crippen LogP contribution in [0.15, 0.2) is 46.1 Å². The zero-order chi connectivity index (χ0) is 20.5. The minimum atomic E-state index is -0.290. The molecule has 2 aromatic rings. The molecule has 1 aliphatic carbocycles. The van der Waals surface area contributed by atoms with Crippen molar-refractivity contribution in [3.8, 4) is 0 Å². The SMILES string of the molecule is Cc1ccc(C2=NN(C(=O)CN(C)C(=O)C3CCC3)[C@@H](c3ccco3)C2)cc1C. The molecule has 1 aliphatic heterocycles. The van der Waals surface area contributed by atoms with Crippen LogP contribution in [-0.2, 0) is 9.59 Å². The Morgan fingerprint density at radius 1 is 1.21 bits per heavy atom. The van der Waals surface area contributed by atoms with Crippen molar-refractivity contribution < 1.29 is 14.0 Å². The highest BCUT2D eigenvalue weighted by Gasteiger charge is 2.36. The molecule has 6 heteroatoms. The van der Waals surface area contributed by atoms with E-state index in [4.69, 9.17) is 4.42 Å². The van der Waals surface area contributed by atoms with Gasteiger partial charge in [-0.05, 0) is 61.6 Å². The monoisotopic (exact) mass is 393 g/mol. The van der Waals surface area contributed by atoms with Crippen LogP contribution in [-0.4, -0.2) is 41.0 Å². The summed E-state index contributed by atoms with van der Waals surface area (Å²) in [7, 11) is 1.70. The van der Waals surface area contributed by atoms with Crippen LogP contribution in [0.25, 0.3) is 0 Å². The summed E-state index contributed by atoms with van der Waals surface area (Å²) in [5.41, 5.74) is 4.28. The average molecular weight is 393 g/mol. The average Bonchev–Trinajstić information content (AvgIpc) is 3.31. The first-order chi connectivity index (χ1) is 13.9. The number of carbonyl (C=O) groups is 2. The highest BCUT2D eigenvalue weighted by Crippen LogP contribution is 2.34. The maximum atomic E-state index is 13.1. The van der Waals surface area contributed by atoms with Gasteiger partial charge in [-0.15, -0.1) is 0 Å². The fraction of sp³-hybridized carbons (Fsp3) is 0.435. The summed E-state index contributed by atoms with van der Waals surface area (Å²) in [6.07, 6.45) is 5.13. The molecule has 0 N–H and O–H groups in total. The molecule has 0 saturated heterocycles. The van der Waals surface area contributed by atoms with Crippen LogP contribution in [0, 0.1) is 19.8 Å². The van der Waals surface area contributed by atoms with Gasteiger partial charge in [0, 0.05) is 19.4 Å². The van der Waals surface area contributed by atoms with E-state index in [-0.39, 0.29) is 30.3 Å². The zero-order valence-corrected chi connectivity index (χ0v) is 17.2. The first kappa shape index (κ1) is 19.4. The van der Waals surface area contributed by atoms with Gasteiger partial charge in [0.15, 0.2) is 0 Å². The van der Waals surface area contributed by atoms with Gasteiger partial charge in [-0.1, -0.05) is 18.6 Å². The van der Waals surface area contributed by atoms with Crippen LogP contribution in [0.1, 0.15) is 54.2 Å². The van der Waals surface area contributed by atoms with Crippen LogP contribution >= 0.6 is 0 Å². The van der Waals surface area contributed by atoms with Gasteiger partial charge >= 0.3 is 0 Å². The number of hydrogen-bond donors (Lipinski definition) is 0. The van der Waals surface area contributed by atoms with Gasteiger partial charge in [0.25, 0.3) is 5.91 Å². The lowest BCUT2D eigenvalue weighted by atomic mass is 9.84. The number of furan rings is 1. The molecule has 1 saturated carbocycles. The number of hydrogen-bond acceptors (Lipinski definition) is 4. The molecule has 6 nitrogen and oxygen atoms in total. The van der Waals surface area contributed by atoms with Crippen molar-refractivity contribution in [3.63, 3.8) is 0 Å². The van der Waals surface area contributed by atoms with Crippen molar-refractivity contribution in [1.82, 2.24) is 9.91 Å². The summed E-state index contributed by atoms with van der Waals surface area (Å²) in [4.78, 5) is 27.1. The van der Waals surface area contributed by atoms with E-state index in [9.17, 15) is 9.59 Å². The molecule has 0 unspecified atom stereocenters. The predicted molar refractivity (Wildman–Crippen MR) is 110 cm³/mol. The third-order valence-electron chi connectivity index (χ3n) is 6.08. The lowest BCUT2D eigenvalue weighted by molar-refractivity contribution is -0.144. The lowest BCUT2D eigenvalue weighted by Gasteiger charge is -2.30. The Bertz CT molecular complexity index is 944. The minimum Gasteiger partial charge on any atom is -0.467 e. The van der Waals surface area contributed by atoms with Gasteiger partial charge in [-0.2, -0.15) is 5.10 Å². The first-order valence-corrected chi connectivity index (χ1v) is 10.2. The zero-order valence-electron chi connectivity index (χ0n) is 17.2. The number of benzene rings is 1. The Balaban J connectivity index is 1.56. The smallest absolute Gasteiger partial charge is 0.262 e. The molecule has 2 heterocycles. The van der Waals surface area contributed by atoms with E-state index in [2.05, 4.69) is 31.1 Å². The van der Waals surface area contributed by atoms with Crippen molar-refractivity contribution in [1.29, 1.82) is 0 Å². The molecule has 1 aromatic heterocycles. The highest BCUT2D eigenvalue weighted by molar-refractivity contribution is 6.03. The van der Waals surface area contributed by atoms with Gasteiger partial charge < -0.3 is 9.32 Å². The molecule has 29 heavy (non-hydrogen) atoms. The summed E-state index contributed by atoms with van der Waals surface area (Å²) >= 11 is 0. The summed E-state index contributed by atoms with van der Waals surface area (Å²) < 4.78 is 5.59. The van der Waals surface area contributed by atoms with E-state index in [1.54, 1.807) is 13.3 Å². The van der Waals surface area contributed by atoms with Crippen molar-refractivity contribution >= 4 is 17.5 Å². The number of carbonyl (C=O) groups excluding carboxylic acids is 2. The molecule has 1 aromatic carbocycles.